The molecule has 0 amide bonds. The van der Waals surface area contributed by atoms with Crippen molar-refractivity contribution in [2.24, 2.45) is 0 Å². The molecule has 8 aromatic carbocycles. The number of rotatable bonds is 6. The minimum atomic E-state index is 0.738. The maximum Gasteiger partial charge on any atom is 0.161 e. The van der Waals surface area contributed by atoms with E-state index < -0.39 is 0 Å². The van der Waals surface area contributed by atoms with Gasteiger partial charge in [-0.15, -0.1) is 0 Å². The fourth-order valence-corrected chi connectivity index (χ4v) is 9.26. The van der Waals surface area contributed by atoms with Gasteiger partial charge in [-0.3, -0.25) is 0 Å². The summed E-state index contributed by atoms with van der Waals surface area (Å²) in [6.07, 6.45) is 0.849. The summed E-state index contributed by atoms with van der Waals surface area (Å²) in [7, 11) is 0. The lowest BCUT2D eigenvalue weighted by molar-refractivity contribution is 1.16. The van der Waals surface area contributed by atoms with E-state index in [1.807, 2.05) is 0 Å². The van der Waals surface area contributed by atoms with Gasteiger partial charge in [0.1, 0.15) is 0 Å². The van der Waals surface area contributed by atoms with Crippen molar-refractivity contribution in [1.82, 2.24) is 14.5 Å². The molecule has 0 spiro atoms. The summed E-state index contributed by atoms with van der Waals surface area (Å²) in [6.45, 7) is 4.40. The van der Waals surface area contributed by atoms with Crippen LogP contribution in [-0.2, 0) is 6.42 Å². The normalized spacial score (nSPS) is 11.9. The third-order valence-electron chi connectivity index (χ3n) is 12.0. The number of para-hydroxylation sites is 1. The Balaban J connectivity index is 1.06. The van der Waals surface area contributed by atoms with Crippen molar-refractivity contribution >= 4 is 21.8 Å². The molecule has 2 heterocycles. The van der Waals surface area contributed by atoms with E-state index in [0.29, 0.717) is 0 Å². The Labute approximate surface area is 338 Å². The number of hydrogen-bond donors (Lipinski definition) is 0. The van der Waals surface area contributed by atoms with Crippen LogP contribution in [0.2, 0.25) is 0 Å². The van der Waals surface area contributed by atoms with Crippen LogP contribution < -0.4 is 0 Å². The van der Waals surface area contributed by atoms with Crippen LogP contribution in [0.5, 0.6) is 0 Å². The molecule has 0 bridgehead atoms. The molecule has 58 heavy (non-hydrogen) atoms. The van der Waals surface area contributed by atoms with Gasteiger partial charge in [0.25, 0.3) is 0 Å². The van der Waals surface area contributed by atoms with Crippen molar-refractivity contribution in [1.29, 1.82) is 0 Å². The second-order valence-corrected chi connectivity index (χ2v) is 15.4. The first-order chi connectivity index (χ1) is 28.6. The molecule has 0 fully saturated rings. The van der Waals surface area contributed by atoms with Gasteiger partial charge in [0.05, 0.1) is 22.4 Å². The summed E-state index contributed by atoms with van der Waals surface area (Å²) < 4.78 is 2.44. The first kappa shape index (κ1) is 33.9. The van der Waals surface area contributed by atoms with Crippen LogP contribution in [0.1, 0.15) is 22.3 Å². The van der Waals surface area contributed by atoms with E-state index in [0.717, 1.165) is 46.0 Å². The Kier molecular flexibility index (Phi) is 8.01. The average Bonchev–Trinajstić information content (AvgIpc) is 3.83. The minimum absolute atomic E-state index is 0.738. The molecule has 0 aliphatic heterocycles. The molecule has 274 valence electrons. The molecular weight excluding hydrogens is 703 g/mol. The zero-order chi connectivity index (χ0) is 38.7. The second kappa shape index (κ2) is 13.7. The Hall–Kier alpha value is -7.36. The van der Waals surface area contributed by atoms with Crippen LogP contribution in [-0.4, -0.2) is 14.5 Å². The quantitative estimate of drug-likeness (QED) is 0.170. The number of nitrogens with zero attached hydrogens (tertiary/aromatic N) is 3. The highest BCUT2D eigenvalue weighted by Crippen LogP contribution is 2.45. The Morgan fingerprint density at radius 3 is 1.91 bits per heavy atom. The number of hydrogen-bond acceptors (Lipinski definition) is 2. The summed E-state index contributed by atoms with van der Waals surface area (Å²) in [5.41, 5.74) is 21.1. The highest BCUT2D eigenvalue weighted by Gasteiger charge is 2.26. The SMILES string of the molecule is Cc1ccccc1-c1cccc(-c2cc(-c3ccccc3)nc(-c3cccc4c3-c3ccc(-n5c6ccccc6c6c(-c7ccccc7)cccc65)cc3C4)n2)c1C. The van der Waals surface area contributed by atoms with E-state index >= 15 is 0 Å². The van der Waals surface area contributed by atoms with E-state index in [1.54, 1.807) is 0 Å². The molecule has 0 atom stereocenters. The molecule has 0 unspecified atom stereocenters. The van der Waals surface area contributed by atoms with E-state index in [4.69, 9.17) is 9.97 Å². The average molecular weight is 742 g/mol. The van der Waals surface area contributed by atoms with Crippen molar-refractivity contribution in [3.05, 3.63) is 210 Å². The largest absolute Gasteiger partial charge is 0.309 e. The maximum atomic E-state index is 5.41. The van der Waals surface area contributed by atoms with Gasteiger partial charge in [0.2, 0.25) is 0 Å². The third kappa shape index (κ3) is 5.50. The number of fused-ring (bicyclic) bond motifs is 6. The fourth-order valence-electron chi connectivity index (χ4n) is 9.26. The molecule has 0 radical (unpaired) electrons. The summed E-state index contributed by atoms with van der Waals surface area (Å²) in [5.74, 6) is 0.738. The van der Waals surface area contributed by atoms with Gasteiger partial charge in [-0.25, -0.2) is 9.97 Å². The zero-order valence-corrected chi connectivity index (χ0v) is 32.4. The lowest BCUT2D eigenvalue weighted by atomic mass is 9.92. The van der Waals surface area contributed by atoms with Gasteiger partial charge in [0.15, 0.2) is 5.82 Å². The molecule has 2 aromatic heterocycles. The summed E-state index contributed by atoms with van der Waals surface area (Å²) in [5, 5.41) is 2.54. The van der Waals surface area contributed by atoms with Gasteiger partial charge in [-0.2, -0.15) is 0 Å². The minimum Gasteiger partial charge on any atom is -0.309 e. The molecule has 3 heteroatoms. The molecule has 0 saturated carbocycles. The van der Waals surface area contributed by atoms with Crippen molar-refractivity contribution in [3.63, 3.8) is 0 Å². The van der Waals surface area contributed by atoms with Crippen LogP contribution in [0.15, 0.2) is 188 Å². The van der Waals surface area contributed by atoms with Crippen molar-refractivity contribution < 1.29 is 0 Å². The summed E-state index contributed by atoms with van der Waals surface area (Å²) in [4.78, 5) is 10.7. The third-order valence-corrected chi connectivity index (χ3v) is 12.0. The van der Waals surface area contributed by atoms with Crippen LogP contribution in [0.25, 0.3) is 94.8 Å². The van der Waals surface area contributed by atoms with Crippen LogP contribution in [0.4, 0.5) is 0 Å². The Bertz CT molecular complexity index is 3210. The van der Waals surface area contributed by atoms with E-state index in [2.05, 4.69) is 206 Å². The molecule has 0 N–H and O–H groups in total. The number of aryl methyl sites for hydroxylation is 1. The smallest absolute Gasteiger partial charge is 0.161 e. The van der Waals surface area contributed by atoms with Gasteiger partial charge in [-0.05, 0) is 106 Å². The van der Waals surface area contributed by atoms with Gasteiger partial charge in [0, 0.05) is 33.2 Å². The second-order valence-electron chi connectivity index (χ2n) is 15.4. The van der Waals surface area contributed by atoms with Crippen molar-refractivity contribution in [2.75, 3.05) is 0 Å². The highest BCUT2D eigenvalue weighted by atomic mass is 15.0. The van der Waals surface area contributed by atoms with Crippen LogP contribution >= 0.6 is 0 Å². The molecule has 11 rings (SSSR count). The highest BCUT2D eigenvalue weighted by molar-refractivity contribution is 6.15. The van der Waals surface area contributed by atoms with Crippen LogP contribution in [0.3, 0.4) is 0 Å². The fraction of sp³-hybridized carbons (Fsp3) is 0.0545. The molecule has 10 aromatic rings. The van der Waals surface area contributed by atoms with E-state index in [1.165, 1.54) is 77.4 Å². The Morgan fingerprint density at radius 2 is 1.07 bits per heavy atom. The van der Waals surface area contributed by atoms with Gasteiger partial charge >= 0.3 is 0 Å². The predicted octanol–water partition coefficient (Wildman–Crippen LogP) is 14.1. The van der Waals surface area contributed by atoms with E-state index in [-0.39, 0.29) is 0 Å². The lowest BCUT2D eigenvalue weighted by Crippen LogP contribution is -1.99. The molecule has 1 aliphatic carbocycles. The van der Waals surface area contributed by atoms with Crippen LogP contribution in [0, 0.1) is 13.8 Å². The number of benzene rings is 8. The monoisotopic (exact) mass is 741 g/mol. The summed E-state index contributed by atoms with van der Waals surface area (Å²) in [6, 6.07) is 67.7. The molecule has 0 saturated heterocycles. The van der Waals surface area contributed by atoms with Crippen molar-refractivity contribution in [3.8, 4) is 73.0 Å². The molecule has 1 aliphatic rings. The van der Waals surface area contributed by atoms with Gasteiger partial charge in [-0.1, -0.05) is 158 Å². The lowest BCUT2D eigenvalue weighted by Gasteiger charge is -2.16. The zero-order valence-electron chi connectivity index (χ0n) is 32.4. The maximum absolute atomic E-state index is 5.41. The van der Waals surface area contributed by atoms with Crippen molar-refractivity contribution in [2.45, 2.75) is 20.3 Å². The summed E-state index contributed by atoms with van der Waals surface area (Å²) >= 11 is 0. The first-order valence-electron chi connectivity index (χ1n) is 20.0. The first-order valence-corrected chi connectivity index (χ1v) is 20.0. The Morgan fingerprint density at radius 1 is 0.431 bits per heavy atom. The topological polar surface area (TPSA) is 30.7 Å². The molecular formula is C55H39N3. The van der Waals surface area contributed by atoms with E-state index in [9.17, 15) is 0 Å². The van der Waals surface area contributed by atoms with Gasteiger partial charge < -0.3 is 4.57 Å². The standard InChI is InChI=1S/C55H39N3/c1-35-16-9-10-22-42(35)43-24-14-25-44(36(43)2)50-34-49(38-19-7-4-8-20-38)56-55(57-50)48-27-13-21-39-32-40-33-41(30-31-46(40)53(39)48)58-51-28-12-11-23-47(51)54-45(26-15-29-52(54)58)37-17-5-3-6-18-37/h3-31,33-34H,32H2,1-2H3. The molecule has 3 nitrogen and oxygen atoms in total. The number of aromatic nitrogens is 3. The predicted molar refractivity (Wildman–Crippen MR) is 241 cm³/mol.